The van der Waals surface area contributed by atoms with Crippen LogP contribution >= 0.6 is 0 Å². The van der Waals surface area contributed by atoms with E-state index >= 15 is 0 Å². The van der Waals surface area contributed by atoms with Crippen molar-refractivity contribution in [3.63, 3.8) is 0 Å². The van der Waals surface area contributed by atoms with Gasteiger partial charge in [0.25, 0.3) is 0 Å². The highest BCUT2D eigenvalue weighted by Crippen LogP contribution is 2.35. The average molecular weight is 327 g/mol. The van der Waals surface area contributed by atoms with Crippen molar-refractivity contribution in [1.82, 2.24) is 0 Å². The molecule has 0 aromatic heterocycles. The molecule has 0 amide bonds. The third-order valence-corrected chi connectivity index (χ3v) is 4.58. The SMILES string of the molecule is CC.CC.Cc1ccc(C(C)C(C)c2ccc(C)cc2C)c(C)c1. The first-order chi connectivity index (χ1) is 11.4. The maximum atomic E-state index is 2.35. The van der Waals surface area contributed by atoms with E-state index in [-0.39, 0.29) is 0 Å². The molecule has 0 radical (unpaired) electrons. The number of hydrogen-bond acceptors (Lipinski definition) is 0. The molecule has 0 N–H and O–H groups in total. The van der Waals surface area contributed by atoms with Crippen molar-refractivity contribution in [3.05, 3.63) is 69.8 Å². The van der Waals surface area contributed by atoms with Crippen molar-refractivity contribution in [2.75, 3.05) is 0 Å². The fourth-order valence-corrected chi connectivity index (χ4v) is 3.21. The summed E-state index contributed by atoms with van der Waals surface area (Å²) in [7, 11) is 0. The van der Waals surface area contributed by atoms with E-state index in [1.807, 2.05) is 27.7 Å². The molecular formula is C24H38. The van der Waals surface area contributed by atoms with Crippen molar-refractivity contribution >= 4 is 0 Å². The van der Waals surface area contributed by atoms with Gasteiger partial charge >= 0.3 is 0 Å². The minimum absolute atomic E-state index is 0.539. The third-order valence-electron chi connectivity index (χ3n) is 4.58. The Morgan fingerprint density at radius 3 is 1.08 bits per heavy atom. The largest absolute Gasteiger partial charge is 0.0683 e. The molecule has 0 heteroatoms. The van der Waals surface area contributed by atoms with Gasteiger partial charge < -0.3 is 0 Å². The van der Waals surface area contributed by atoms with Crippen LogP contribution in [0.2, 0.25) is 0 Å². The Hall–Kier alpha value is -1.56. The highest BCUT2D eigenvalue weighted by molar-refractivity contribution is 5.38. The molecule has 24 heavy (non-hydrogen) atoms. The highest BCUT2D eigenvalue weighted by atomic mass is 14.2. The van der Waals surface area contributed by atoms with Crippen LogP contribution in [0.15, 0.2) is 36.4 Å². The van der Waals surface area contributed by atoms with Gasteiger partial charge in [-0.3, -0.25) is 0 Å². The molecule has 0 bridgehead atoms. The van der Waals surface area contributed by atoms with Gasteiger partial charge in [0, 0.05) is 0 Å². The molecule has 134 valence electrons. The summed E-state index contributed by atoms with van der Waals surface area (Å²) in [5.74, 6) is 1.08. The van der Waals surface area contributed by atoms with Gasteiger partial charge in [-0.2, -0.15) is 0 Å². The first kappa shape index (κ1) is 22.4. The first-order valence-electron chi connectivity index (χ1n) is 9.54. The second-order valence-electron chi connectivity index (χ2n) is 6.30. The summed E-state index contributed by atoms with van der Waals surface area (Å²) in [4.78, 5) is 0. The molecule has 0 spiro atoms. The van der Waals surface area contributed by atoms with Gasteiger partial charge in [-0.15, -0.1) is 0 Å². The minimum Gasteiger partial charge on any atom is -0.0683 e. The van der Waals surface area contributed by atoms with Crippen molar-refractivity contribution in [2.45, 2.75) is 81.1 Å². The predicted molar refractivity (Wildman–Crippen MR) is 111 cm³/mol. The molecule has 0 fully saturated rings. The maximum absolute atomic E-state index is 2.35. The smallest absolute Gasteiger partial charge is 0.0121 e. The maximum Gasteiger partial charge on any atom is -0.0121 e. The van der Waals surface area contributed by atoms with Crippen LogP contribution in [-0.4, -0.2) is 0 Å². The van der Waals surface area contributed by atoms with Crippen molar-refractivity contribution < 1.29 is 0 Å². The number of rotatable bonds is 3. The number of benzene rings is 2. The van der Waals surface area contributed by atoms with Crippen LogP contribution in [0.3, 0.4) is 0 Å². The Bertz CT molecular complexity index is 552. The fraction of sp³-hybridized carbons (Fsp3) is 0.500. The molecular weight excluding hydrogens is 288 g/mol. The standard InChI is InChI=1S/C20H26.2C2H6/c1-13-7-9-19(15(3)11-13)17(5)18(6)20-10-8-14(2)12-16(20)4;2*1-2/h7-12,17-18H,1-6H3;2*1-2H3. The summed E-state index contributed by atoms with van der Waals surface area (Å²) in [6.45, 7) is 21.5. The zero-order valence-corrected chi connectivity index (χ0v) is 17.6. The summed E-state index contributed by atoms with van der Waals surface area (Å²) < 4.78 is 0. The van der Waals surface area contributed by atoms with Crippen LogP contribution in [0.25, 0.3) is 0 Å². The second kappa shape index (κ2) is 11.1. The van der Waals surface area contributed by atoms with Crippen LogP contribution < -0.4 is 0 Å². The summed E-state index contributed by atoms with van der Waals surface area (Å²) in [6, 6.07) is 13.6. The van der Waals surface area contributed by atoms with Crippen LogP contribution in [0.5, 0.6) is 0 Å². The van der Waals surface area contributed by atoms with Crippen LogP contribution in [-0.2, 0) is 0 Å². The molecule has 0 aliphatic heterocycles. The van der Waals surface area contributed by atoms with Crippen molar-refractivity contribution in [3.8, 4) is 0 Å². The van der Waals surface area contributed by atoms with Crippen molar-refractivity contribution in [1.29, 1.82) is 0 Å². The summed E-state index contributed by atoms with van der Waals surface area (Å²) in [5, 5.41) is 0. The van der Waals surface area contributed by atoms with Crippen molar-refractivity contribution in [2.24, 2.45) is 0 Å². The van der Waals surface area contributed by atoms with Gasteiger partial charge in [-0.05, 0) is 61.8 Å². The minimum atomic E-state index is 0.539. The Morgan fingerprint density at radius 1 is 0.542 bits per heavy atom. The normalized spacial score (nSPS) is 12.2. The molecule has 0 saturated heterocycles. The van der Waals surface area contributed by atoms with Gasteiger partial charge in [0.1, 0.15) is 0 Å². The summed E-state index contributed by atoms with van der Waals surface area (Å²) in [6.07, 6.45) is 0. The van der Waals surface area contributed by atoms with E-state index in [9.17, 15) is 0 Å². The fourth-order valence-electron chi connectivity index (χ4n) is 3.21. The van der Waals surface area contributed by atoms with E-state index in [1.54, 1.807) is 0 Å². The lowest BCUT2D eigenvalue weighted by atomic mass is 9.80. The Morgan fingerprint density at radius 2 is 0.833 bits per heavy atom. The van der Waals surface area contributed by atoms with Gasteiger partial charge in [0.15, 0.2) is 0 Å². The van der Waals surface area contributed by atoms with Gasteiger partial charge in [0.2, 0.25) is 0 Å². The molecule has 0 aliphatic carbocycles. The van der Waals surface area contributed by atoms with Crippen LogP contribution in [0.1, 0.15) is 86.8 Å². The molecule has 2 aromatic carbocycles. The predicted octanol–water partition coefficient (Wildman–Crippen LogP) is 7.88. The zero-order valence-electron chi connectivity index (χ0n) is 17.6. The molecule has 2 atom stereocenters. The van der Waals surface area contributed by atoms with E-state index in [4.69, 9.17) is 0 Å². The van der Waals surface area contributed by atoms with E-state index in [0.717, 1.165) is 0 Å². The lowest BCUT2D eigenvalue weighted by Crippen LogP contribution is -2.08. The van der Waals surface area contributed by atoms with Gasteiger partial charge in [0.05, 0.1) is 0 Å². The van der Waals surface area contributed by atoms with E-state index < -0.39 is 0 Å². The summed E-state index contributed by atoms with van der Waals surface area (Å²) >= 11 is 0. The molecule has 2 aromatic rings. The topological polar surface area (TPSA) is 0 Å². The van der Waals surface area contributed by atoms with E-state index in [2.05, 4.69) is 77.9 Å². The molecule has 2 rings (SSSR count). The van der Waals surface area contributed by atoms with Crippen LogP contribution in [0.4, 0.5) is 0 Å². The monoisotopic (exact) mass is 326 g/mol. The van der Waals surface area contributed by atoms with Gasteiger partial charge in [-0.1, -0.05) is 89.1 Å². The average Bonchev–Trinajstić information content (AvgIpc) is 2.57. The zero-order chi connectivity index (χ0) is 18.9. The Labute approximate surface area is 151 Å². The molecule has 0 aliphatic rings. The Kier molecular flexibility index (Phi) is 10.4. The summed E-state index contributed by atoms with van der Waals surface area (Å²) in [5.41, 5.74) is 8.46. The van der Waals surface area contributed by atoms with Gasteiger partial charge in [-0.25, -0.2) is 0 Å². The third kappa shape index (κ3) is 5.82. The molecule has 0 saturated carbocycles. The first-order valence-corrected chi connectivity index (χ1v) is 9.54. The molecule has 0 heterocycles. The highest BCUT2D eigenvalue weighted by Gasteiger charge is 2.19. The molecule has 0 nitrogen and oxygen atoms in total. The van der Waals surface area contributed by atoms with E-state index in [1.165, 1.54) is 33.4 Å². The quantitative estimate of drug-likeness (QED) is 0.538. The number of hydrogen-bond donors (Lipinski definition) is 0. The lowest BCUT2D eigenvalue weighted by molar-refractivity contribution is 0.617. The lowest BCUT2D eigenvalue weighted by Gasteiger charge is -2.24. The van der Waals surface area contributed by atoms with Crippen LogP contribution in [0, 0.1) is 27.7 Å². The van der Waals surface area contributed by atoms with E-state index in [0.29, 0.717) is 11.8 Å². The number of aryl methyl sites for hydroxylation is 4. The second-order valence-corrected chi connectivity index (χ2v) is 6.30. The Balaban J connectivity index is 0.00000123. The molecule has 2 unspecified atom stereocenters.